The highest BCUT2D eigenvalue weighted by atomic mass is 32.2. The summed E-state index contributed by atoms with van der Waals surface area (Å²) in [6.45, 7) is 0.928. The van der Waals surface area contributed by atoms with E-state index >= 15 is 4.39 Å². The molecule has 0 saturated heterocycles. The van der Waals surface area contributed by atoms with Gasteiger partial charge in [-0.1, -0.05) is 12.1 Å². The van der Waals surface area contributed by atoms with Gasteiger partial charge < -0.3 is 24.7 Å². The zero-order valence-corrected chi connectivity index (χ0v) is 23.4. The number of ether oxygens (including phenoxy) is 1. The lowest BCUT2D eigenvalue weighted by Gasteiger charge is -2.26. The molecule has 4 rings (SSSR count). The molecule has 1 aliphatic heterocycles. The second kappa shape index (κ2) is 12.0. The Kier molecular flexibility index (Phi) is 8.92. The lowest BCUT2D eigenvalue weighted by Crippen LogP contribution is -2.54. The number of sulfone groups is 1. The van der Waals surface area contributed by atoms with Crippen molar-refractivity contribution in [3.05, 3.63) is 53.7 Å². The van der Waals surface area contributed by atoms with Crippen LogP contribution in [0.15, 0.2) is 45.7 Å². The molecule has 44 heavy (non-hydrogen) atoms. The van der Waals surface area contributed by atoms with Gasteiger partial charge >= 0.3 is 12.5 Å². The van der Waals surface area contributed by atoms with Crippen molar-refractivity contribution in [2.24, 2.45) is 0 Å². The molecule has 2 N–H and O–H groups in total. The number of aromatic nitrogens is 2. The van der Waals surface area contributed by atoms with Crippen LogP contribution < -0.4 is 20.3 Å². The van der Waals surface area contributed by atoms with Crippen molar-refractivity contribution in [2.45, 2.75) is 49.4 Å². The van der Waals surface area contributed by atoms with E-state index in [-0.39, 0.29) is 5.56 Å². The van der Waals surface area contributed by atoms with E-state index in [2.05, 4.69) is 25.6 Å². The van der Waals surface area contributed by atoms with Gasteiger partial charge in [0, 0.05) is 0 Å². The number of rotatable bonds is 8. The van der Waals surface area contributed by atoms with Crippen LogP contribution in [0, 0.1) is 5.82 Å². The van der Waals surface area contributed by atoms with Crippen molar-refractivity contribution in [1.82, 2.24) is 20.8 Å². The number of alkyl halides is 6. The van der Waals surface area contributed by atoms with Gasteiger partial charge in [-0.2, -0.15) is 13.2 Å². The number of likely N-dealkylation sites (N-methyl/N-ethyl adjacent to an activating group) is 1. The number of benzene rings is 2. The normalized spacial score (nSPS) is 17.5. The summed E-state index contributed by atoms with van der Waals surface area (Å²) >= 11 is 0. The first-order valence-electron chi connectivity index (χ1n) is 12.5. The molecule has 2 amide bonds. The molecule has 0 radical (unpaired) electrons. The first kappa shape index (κ1) is 32.6. The van der Waals surface area contributed by atoms with Crippen molar-refractivity contribution >= 4 is 27.3 Å². The van der Waals surface area contributed by atoms with E-state index in [0.717, 1.165) is 35.2 Å². The Morgan fingerprint density at radius 1 is 1.14 bits per heavy atom. The monoisotopic (exact) mass is 653 g/mol. The first-order valence-corrected chi connectivity index (χ1v) is 14.1. The SMILES string of the molecule is CN[C@@H](C)C(=O)N[C@H]1CS(=O)(=O)c2cc(F)c(-c3nnc(CC(F)(F)F)o3)cc2N(Cc2ccc(OC(F)(F)F)cc2)C1=O. The van der Waals surface area contributed by atoms with Gasteiger partial charge in [0.05, 0.1) is 34.5 Å². The molecule has 2 aromatic carbocycles. The zero-order valence-electron chi connectivity index (χ0n) is 22.6. The molecule has 19 heteroatoms. The van der Waals surface area contributed by atoms with Crippen LogP contribution in [0.25, 0.3) is 11.5 Å². The molecule has 1 aromatic heterocycles. The number of hydrogen-bond acceptors (Lipinski definition) is 9. The third-order valence-corrected chi connectivity index (χ3v) is 8.08. The van der Waals surface area contributed by atoms with Gasteiger partial charge in [-0.05, 0) is 43.8 Å². The van der Waals surface area contributed by atoms with E-state index in [1.165, 1.54) is 14.0 Å². The maximum atomic E-state index is 15.3. The summed E-state index contributed by atoms with van der Waals surface area (Å²) in [5, 5.41) is 11.6. The molecule has 1 aliphatic rings. The van der Waals surface area contributed by atoms with Gasteiger partial charge in [0.25, 0.3) is 11.8 Å². The van der Waals surface area contributed by atoms with Crippen molar-refractivity contribution < 1.29 is 57.9 Å². The highest BCUT2D eigenvalue weighted by Gasteiger charge is 2.40. The molecule has 0 fully saturated rings. The predicted octanol–water partition coefficient (Wildman–Crippen LogP) is 3.29. The molecule has 2 atom stereocenters. The third kappa shape index (κ3) is 7.62. The standard InChI is InChI=1S/C25H22F7N5O6S/c1-12(33-2)21(38)34-17-11-44(40,41)19-8-16(26)15(22-36-35-20(42-22)9-24(27,28)29)7-18(19)37(23(17)39)10-13-3-5-14(6-4-13)43-25(30,31)32/h3-8,12,17,33H,9-11H2,1-2H3,(H,34,38)/t12-,17-/m0/s1. The topological polar surface area (TPSA) is 144 Å². The van der Waals surface area contributed by atoms with Crippen molar-refractivity contribution in [1.29, 1.82) is 0 Å². The zero-order chi connectivity index (χ0) is 32.6. The van der Waals surface area contributed by atoms with E-state index < -0.39 is 104 Å². The number of nitrogens with zero attached hydrogens (tertiary/aromatic N) is 3. The van der Waals surface area contributed by atoms with E-state index in [4.69, 9.17) is 4.42 Å². The average Bonchev–Trinajstić information content (AvgIpc) is 3.34. The quantitative estimate of drug-likeness (QED) is 0.350. The van der Waals surface area contributed by atoms with E-state index in [1.807, 2.05) is 0 Å². The molecular formula is C25H22F7N5O6S. The Labute approximate surface area is 244 Å². The fourth-order valence-corrected chi connectivity index (χ4v) is 5.75. The molecule has 0 unspecified atom stereocenters. The van der Waals surface area contributed by atoms with Gasteiger partial charge in [-0.15, -0.1) is 23.4 Å². The smallest absolute Gasteiger partial charge is 0.420 e. The number of amides is 2. The van der Waals surface area contributed by atoms with Crippen molar-refractivity contribution in [3.8, 4) is 17.2 Å². The largest absolute Gasteiger partial charge is 0.573 e. The Bertz CT molecular complexity index is 1660. The minimum atomic E-state index is -4.99. The summed E-state index contributed by atoms with van der Waals surface area (Å²) in [4.78, 5) is 26.5. The number of hydrogen-bond donors (Lipinski definition) is 2. The number of fused-ring (bicyclic) bond motifs is 1. The van der Waals surface area contributed by atoms with Crippen LogP contribution in [0.1, 0.15) is 18.4 Å². The maximum Gasteiger partial charge on any atom is 0.573 e. The summed E-state index contributed by atoms with van der Waals surface area (Å²) < 4.78 is 127. The number of nitrogens with one attached hydrogen (secondary N) is 2. The molecule has 2 heterocycles. The molecule has 0 saturated carbocycles. The first-order chi connectivity index (χ1) is 20.4. The van der Waals surface area contributed by atoms with Gasteiger partial charge in [0.2, 0.25) is 11.8 Å². The minimum Gasteiger partial charge on any atom is -0.420 e. The van der Waals surface area contributed by atoms with Gasteiger partial charge in [-0.3, -0.25) is 9.59 Å². The second-order valence-corrected chi connectivity index (χ2v) is 11.6. The Hall–Kier alpha value is -4.26. The number of carbonyl (C=O) groups excluding carboxylic acids is 2. The van der Waals surface area contributed by atoms with Crippen LogP contribution in [-0.4, -0.2) is 67.9 Å². The molecule has 3 aromatic rings. The molecule has 0 spiro atoms. The predicted molar refractivity (Wildman–Crippen MR) is 136 cm³/mol. The number of anilines is 1. The van der Waals surface area contributed by atoms with Crippen LogP contribution in [0.2, 0.25) is 0 Å². The van der Waals surface area contributed by atoms with Gasteiger partial charge in [0.1, 0.15) is 24.0 Å². The molecule has 11 nitrogen and oxygen atoms in total. The molecule has 238 valence electrons. The van der Waals surface area contributed by atoms with Crippen LogP contribution >= 0.6 is 0 Å². The van der Waals surface area contributed by atoms with E-state index in [1.54, 1.807) is 0 Å². The molecule has 0 bridgehead atoms. The number of halogens is 7. The summed E-state index contributed by atoms with van der Waals surface area (Å²) in [7, 11) is -3.09. The highest BCUT2D eigenvalue weighted by Crippen LogP contribution is 2.37. The second-order valence-electron chi connectivity index (χ2n) is 9.56. The summed E-state index contributed by atoms with van der Waals surface area (Å²) in [5.74, 6) is -6.29. The van der Waals surface area contributed by atoms with E-state index in [9.17, 15) is 44.3 Å². The average molecular weight is 654 g/mol. The third-order valence-electron chi connectivity index (χ3n) is 6.31. The Morgan fingerprint density at radius 3 is 2.39 bits per heavy atom. The van der Waals surface area contributed by atoms with E-state index in [0.29, 0.717) is 6.07 Å². The Balaban J connectivity index is 1.82. The minimum absolute atomic E-state index is 0.155. The Morgan fingerprint density at radius 2 is 1.80 bits per heavy atom. The molecule has 0 aliphatic carbocycles. The van der Waals surface area contributed by atoms with Crippen LogP contribution in [0.4, 0.5) is 36.4 Å². The summed E-state index contributed by atoms with van der Waals surface area (Å²) in [6.07, 6.45) is -11.4. The van der Waals surface area contributed by atoms with Crippen molar-refractivity contribution in [3.63, 3.8) is 0 Å². The maximum absolute atomic E-state index is 15.3. The fraction of sp³-hybridized carbons (Fsp3) is 0.360. The lowest BCUT2D eigenvalue weighted by molar-refractivity contribution is -0.274. The van der Waals surface area contributed by atoms with Gasteiger partial charge in [-0.25, -0.2) is 12.8 Å². The van der Waals surface area contributed by atoms with Gasteiger partial charge in [0.15, 0.2) is 9.84 Å². The molecular weight excluding hydrogens is 631 g/mol. The summed E-state index contributed by atoms with van der Waals surface area (Å²) in [6, 6.07) is 2.95. The summed E-state index contributed by atoms with van der Waals surface area (Å²) in [5.41, 5.74) is -0.947. The lowest BCUT2D eigenvalue weighted by atomic mass is 10.1. The van der Waals surface area contributed by atoms with Crippen molar-refractivity contribution in [2.75, 3.05) is 17.7 Å². The van der Waals surface area contributed by atoms with Crippen LogP contribution in [-0.2, 0) is 32.4 Å². The highest BCUT2D eigenvalue weighted by molar-refractivity contribution is 7.91. The van der Waals surface area contributed by atoms with Crippen LogP contribution in [0.3, 0.4) is 0 Å². The number of carbonyl (C=O) groups is 2. The fourth-order valence-electron chi connectivity index (χ4n) is 4.13. The van der Waals surface area contributed by atoms with Crippen LogP contribution in [0.5, 0.6) is 5.75 Å².